The van der Waals surface area contributed by atoms with Crippen molar-refractivity contribution in [3.05, 3.63) is 82.8 Å². The van der Waals surface area contributed by atoms with E-state index in [9.17, 15) is 4.79 Å². The van der Waals surface area contributed by atoms with Crippen LogP contribution in [0.1, 0.15) is 29.4 Å². The number of carbonyl (C=O) groups excluding carboxylic acids is 1. The predicted octanol–water partition coefficient (Wildman–Crippen LogP) is 4.90. The number of nitrogens with one attached hydrogen (secondary N) is 1. The number of carbonyl (C=O) groups is 1. The summed E-state index contributed by atoms with van der Waals surface area (Å²) >= 11 is 6.42. The fourth-order valence-corrected chi connectivity index (χ4v) is 3.66. The molecule has 0 saturated heterocycles. The number of hydrogen-bond acceptors (Lipinski definition) is 5. The molecule has 0 radical (unpaired) electrons. The zero-order valence-electron chi connectivity index (χ0n) is 18.8. The van der Waals surface area contributed by atoms with Gasteiger partial charge < -0.3 is 15.0 Å². The molecule has 32 heavy (non-hydrogen) atoms. The second kappa shape index (κ2) is 10.3. The number of para-hydroxylation sites is 1. The summed E-state index contributed by atoms with van der Waals surface area (Å²) in [5.41, 5.74) is 5.12. The summed E-state index contributed by atoms with van der Waals surface area (Å²) in [5.74, 6) is 0.513. The van der Waals surface area contributed by atoms with E-state index in [1.807, 2.05) is 50.2 Å². The van der Waals surface area contributed by atoms with Gasteiger partial charge in [-0.1, -0.05) is 36.4 Å². The highest BCUT2D eigenvalue weighted by atomic mass is 35.5. The van der Waals surface area contributed by atoms with Gasteiger partial charge in [0.25, 0.3) is 0 Å². The van der Waals surface area contributed by atoms with Crippen molar-refractivity contribution in [2.75, 3.05) is 14.1 Å². The van der Waals surface area contributed by atoms with Gasteiger partial charge in [0.05, 0.1) is 17.3 Å². The Bertz CT molecular complexity index is 1190. The van der Waals surface area contributed by atoms with Crippen molar-refractivity contribution in [1.82, 2.24) is 20.2 Å². The van der Waals surface area contributed by atoms with Gasteiger partial charge in [0.2, 0.25) is 5.91 Å². The second-order valence-corrected chi connectivity index (χ2v) is 7.97. The van der Waals surface area contributed by atoms with Crippen LogP contribution in [0.25, 0.3) is 16.6 Å². The minimum Gasteiger partial charge on any atom is -0.486 e. The van der Waals surface area contributed by atoms with E-state index >= 15 is 0 Å². The molecule has 0 atom stereocenters. The Balaban J connectivity index is 2.01. The lowest BCUT2D eigenvalue weighted by atomic mass is 10.0. The van der Waals surface area contributed by atoms with E-state index in [0.717, 1.165) is 33.4 Å². The van der Waals surface area contributed by atoms with E-state index in [1.54, 1.807) is 18.3 Å². The first-order valence-electron chi connectivity index (χ1n) is 10.2. The van der Waals surface area contributed by atoms with Gasteiger partial charge in [0.15, 0.2) is 0 Å². The molecule has 0 aliphatic rings. The van der Waals surface area contributed by atoms with E-state index in [1.165, 1.54) is 6.92 Å². The molecule has 2 aromatic heterocycles. The fraction of sp³-hybridized carbons (Fsp3) is 0.240. The number of allylic oxidation sites excluding steroid dienone is 2. The molecule has 0 spiro atoms. The van der Waals surface area contributed by atoms with Crippen LogP contribution >= 0.6 is 11.6 Å². The maximum absolute atomic E-state index is 11.3. The largest absolute Gasteiger partial charge is 0.486 e. The SMILES string of the molecule is C=C/C=C(/c1cc(C)nc2c(OCc3c(Cl)ccnc3CNC(C)=O)cccc12)N(C)C. The summed E-state index contributed by atoms with van der Waals surface area (Å²) in [6, 6.07) is 9.64. The van der Waals surface area contributed by atoms with Gasteiger partial charge >= 0.3 is 0 Å². The number of aromatic nitrogens is 2. The number of pyridine rings is 2. The minimum absolute atomic E-state index is 0.135. The van der Waals surface area contributed by atoms with Crippen LogP contribution in [0.5, 0.6) is 5.75 Å². The third kappa shape index (κ3) is 5.26. The average molecular weight is 451 g/mol. The third-order valence-electron chi connectivity index (χ3n) is 4.93. The van der Waals surface area contributed by atoms with Crippen LogP contribution < -0.4 is 10.1 Å². The molecule has 0 unspecified atom stereocenters. The van der Waals surface area contributed by atoms with E-state index < -0.39 is 0 Å². The number of nitrogens with zero attached hydrogens (tertiary/aromatic N) is 3. The first kappa shape index (κ1) is 23.3. The molecule has 0 fully saturated rings. The van der Waals surface area contributed by atoms with Crippen LogP contribution in [0.4, 0.5) is 0 Å². The van der Waals surface area contributed by atoms with Crippen molar-refractivity contribution in [2.45, 2.75) is 27.0 Å². The molecule has 3 aromatic rings. The molecule has 2 heterocycles. The first-order chi connectivity index (χ1) is 15.3. The lowest BCUT2D eigenvalue weighted by Gasteiger charge is -2.20. The fourth-order valence-electron chi connectivity index (χ4n) is 3.44. The lowest BCUT2D eigenvalue weighted by Crippen LogP contribution is -2.21. The van der Waals surface area contributed by atoms with Crippen LogP contribution in [0.2, 0.25) is 5.02 Å². The molecule has 1 aromatic carbocycles. The summed E-state index contributed by atoms with van der Waals surface area (Å²) in [4.78, 5) is 22.5. The molecule has 0 aliphatic carbocycles. The molecule has 6 nitrogen and oxygen atoms in total. The minimum atomic E-state index is -0.135. The zero-order chi connectivity index (χ0) is 23.3. The molecule has 3 rings (SSSR count). The molecule has 1 N–H and O–H groups in total. The number of aryl methyl sites for hydroxylation is 1. The Labute approximate surface area is 193 Å². The summed E-state index contributed by atoms with van der Waals surface area (Å²) in [6.07, 6.45) is 5.37. The van der Waals surface area contributed by atoms with Gasteiger partial charge in [-0.3, -0.25) is 9.78 Å². The summed E-state index contributed by atoms with van der Waals surface area (Å²) in [5, 5.41) is 4.27. The molecular formula is C25H27ClN4O2. The lowest BCUT2D eigenvalue weighted by molar-refractivity contribution is -0.119. The van der Waals surface area contributed by atoms with Gasteiger partial charge in [-0.25, -0.2) is 4.98 Å². The van der Waals surface area contributed by atoms with Crippen molar-refractivity contribution in [3.8, 4) is 5.75 Å². The first-order valence-corrected chi connectivity index (χ1v) is 10.6. The van der Waals surface area contributed by atoms with Crippen molar-refractivity contribution in [1.29, 1.82) is 0 Å². The molecule has 0 bridgehead atoms. The standard InChI is InChI=1S/C25H27ClN4O2/c1-6-8-23(30(4)5)19-13-16(2)29-25-18(19)9-7-10-24(25)32-15-20-21(26)11-12-27-22(20)14-28-17(3)31/h6-13H,1,14-15H2,2-5H3,(H,28,31)/b23-8-. The maximum Gasteiger partial charge on any atom is 0.217 e. The summed E-state index contributed by atoms with van der Waals surface area (Å²) in [7, 11) is 4.00. The molecule has 0 aliphatic heterocycles. The van der Waals surface area contributed by atoms with Crippen LogP contribution in [-0.4, -0.2) is 34.9 Å². The average Bonchev–Trinajstić information content (AvgIpc) is 2.74. The number of amides is 1. The number of rotatable bonds is 8. The van der Waals surface area contributed by atoms with E-state index in [4.69, 9.17) is 21.3 Å². The van der Waals surface area contributed by atoms with Gasteiger partial charge in [-0.05, 0) is 31.2 Å². The number of ether oxygens (including phenoxy) is 1. The van der Waals surface area contributed by atoms with Gasteiger partial charge in [-0.15, -0.1) is 0 Å². The van der Waals surface area contributed by atoms with Crippen molar-refractivity contribution in [3.63, 3.8) is 0 Å². The topological polar surface area (TPSA) is 67.4 Å². The smallest absolute Gasteiger partial charge is 0.217 e. The molecule has 166 valence electrons. The van der Waals surface area contributed by atoms with Crippen molar-refractivity contribution in [2.24, 2.45) is 0 Å². The third-order valence-corrected chi connectivity index (χ3v) is 5.28. The Morgan fingerprint density at radius 1 is 1.31 bits per heavy atom. The predicted molar refractivity (Wildman–Crippen MR) is 129 cm³/mol. The monoisotopic (exact) mass is 450 g/mol. The van der Waals surface area contributed by atoms with Gasteiger partial charge in [0.1, 0.15) is 17.9 Å². The van der Waals surface area contributed by atoms with Gasteiger partial charge in [0, 0.05) is 55.1 Å². The Hall–Kier alpha value is -3.38. The van der Waals surface area contributed by atoms with E-state index in [-0.39, 0.29) is 19.1 Å². The van der Waals surface area contributed by atoms with E-state index in [2.05, 4.69) is 22.9 Å². The zero-order valence-corrected chi connectivity index (χ0v) is 19.5. The normalized spacial score (nSPS) is 11.3. The number of benzene rings is 1. The Morgan fingerprint density at radius 2 is 2.09 bits per heavy atom. The van der Waals surface area contributed by atoms with Crippen molar-refractivity contribution < 1.29 is 9.53 Å². The van der Waals surface area contributed by atoms with Crippen LogP contribution in [0.15, 0.2) is 55.3 Å². The highest BCUT2D eigenvalue weighted by Gasteiger charge is 2.15. The van der Waals surface area contributed by atoms with Crippen LogP contribution in [0, 0.1) is 6.92 Å². The van der Waals surface area contributed by atoms with Crippen LogP contribution in [-0.2, 0) is 17.9 Å². The second-order valence-electron chi connectivity index (χ2n) is 7.56. The molecule has 7 heteroatoms. The molecule has 0 saturated carbocycles. The number of hydrogen-bond donors (Lipinski definition) is 1. The molecule has 1 amide bonds. The van der Waals surface area contributed by atoms with E-state index in [0.29, 0.717) is 16.5 Å². The summed E-state index contributed by atoms with van der Waals surface area (Å²) < 4.78 is 6.19. The molecular weight excluding hydrogens is 424 g/mol. The van der Waals surface area contributed by atoms with Crippen LogP contribution in [0.3, 0.4) is 0 Å². The van der Waals surface area contributed by atoms with Crippen molar-refractivity contribution >= 4 is 34.1 Å². The maximum atomic E-state index is 11.3. The summed E-state index contributed by atoms with van der Waals surface area (Å²) in [6.45, 7) is 7.76. The Kier molecular flexibility index (Phi) is 7.49. The highest BCUT2D eigenvalue weighted by molar-refractivity contribution is 6.31. The number of fused-ring (bicyclic) bond motifs is 1. The van der Waals surface area contributed by atoms with Gasteiger partial charge in [-0.2, -0.15) is 0 Å². The number of halogens is 1. The highest BCUT2D eigenvalue weighted by Crippen LogP contribution is 2.32. The Morgan fingerprint density at radius 3 is 2.78 bits per heavy atom. The quantitative estimate of drug-likeness (QED) is 0.494.